The van der Waals surface area contributed by atoms with E-state index in [1.165, 1.54) is 0 Å². The molecule has 3 saturated heterocycles. The van der Waals surface area contributed by atoms with E-state index in [4.69, 9.17) is 9.84 Å². The zero-order valence-corrected chi connectivity index (χ0v) is 20.1. The largest absolute Gasteiger partial charge is 0.466 e. The highest BCUT2D eigenvalue weighted by Crippen LogP contribution is 2.68. The van der Waals surface area contributed by atoms with E-state index >= 15 is 0 Å². The second kappa shape index (κ2) is 10.1. The van der Waals surface area contributed by atoms with Gasteiger partial charge in [-0.3, -0.25) is 14.4 Å². The van der Waals surface area contributed by atoms with Crippen LogP contribution in [-0.2, 0) is 19.1 Å². The zero-order valence-electron chi connectivity index (χ0n) is 19.3. The van der Waals surface area contributed by atoms with Crippen LogP contribution in [0.1, 0.15) is 66.2 Å². The summed E-state index contributed by atoms with van der Waals surface area (Å²) in [5.74, 6) is -1.27. The Bertz CT molecular complexity index is 689. The van der Waals surface area contributed by atoms with Crippen molar-refractivity contribution in [2.75, 3.05) is 19.8 Å². The summed E-state index contributed by atoms with van der Waals surface area (Å²) in [5.41, 5.74) is 0. The highest BCUT2D eigenvalue weighted by atomic mass is 32.2. The van der Waals surface area contributed by atoms with Gasteiger partial charge in [-0.2, -0.15) is 0 Å². The molecule has 3 aliphatic rings. The Kier molecular flexibility index (Phi) is 7.95. The van der Waals surface area contributed by atoms with Gasteiger partial charge in [-0.05, 0) is 51.9 Å². The lowest BCUT2D eigenvalue weighted by Crippen LogP contribution is -2.57. The number of fused-ring (bicyclic) bond motifs is 1. The van der Waals surface area contributed by atoms with Crippen LogP contribution in [0.4, 0.5) is 0 Å². The van der Waals surface area contributed by atoms with Gasteiger partial charge in [-0.25, -0.2) is 0 Å². The number of hydrogen-bond donors (Lipinski definition) is 2. The summed E-state index contributed by atoms with van der Waals surface area (Å²) in [6, 6.07) is -0.526. The molecule has 3 aliphatic heterocycles. The predicted octanol–water partition coefficient (Wildman–Crippen LogP) is 2.35. The molecular weight excluding hydrogens is 416 g/mol. The lowest BCUT2D eigenvalue weighted by Gasteiger charge is -2.39. The summed E-state index contributed by atoms with van der Waals surface area (Å²) >= 11 is 1.68. The van der Waals surface area contributed by atoms with Gasteiger partial charge in [0.1, 0.15) is 6.04 Å². The van der Waals surface area contributed by atoms with Gasteiger partial charge in [0.15, 0.2) is 0 Å². The van der Waals surface area contributed by atoms with Gasteiger partial charge in [0.05, 0.1) is 23.2 Å². The summed E-state index contributed by atoms with van der Waals surface area (Å²) in [5, 5.41) is 12.3. The summed E-state index contributed by atoms with van der Waals surface area (Å²) in [6.45, 7) is 8.89. The monoisotopic (exact) mass is 454 g/mol. The number of esters is 1. The number of unbranched alkanes of at least 4 members (excludes halogenated alkanes) is 2. The number of hydrogen-bond acceptors (Lipinski definition) is 6. The Hall–Kier alpha value is -1.28. The predicted molar refractivity (Wildman–Crippen MR) is 120 cm³/mol. The molecule has 7 atom stereocenters. The minimum Gasteiger partial charge on any atom is -0.466 e. The van der Waals surface area contributed by atoms with E-state index in [-0.39, 0.29) is 41.6 Å². The van der Waals surface area contributed by atoms with Gasteiger partial charge >= 0.3 is 5.97 Å². The first-order valence-electron chi connectivity index (χ1n) is 11.9. The Morgan fingerprint density at radius 2 is 2.06 bits per heavy atom. The standard InChI is InChI=1S/C23H38N2O5S/c1-5-10-15(4)24-20(27)19-23-14(3)13-16(31-23)17(22(29)30-6-2)18(23)21(28)25(19)11-8-7-9-12-26/h14-19,26H,5-13H2,1-4H3,(H,24,27)/t14?,15?,16-,17+,18+,19?,23?/m1/s1. The van der Waals surface area contributed by atoms with Crippen molar-refractivity contribution in [1.82, 2.24) is 10.2 Å². The van der Waals surface area contributed by atoms with Crippen LogP contribution in [0.5, 0.6) is 0 Å². The van der Waals surface area contributed by atoms with Crippen LogP contribution in [0, 0.1) is 17.8 Å². The Morgan fingerprint density at radius 1 is 1.32 bits per heavy atom. The van der Waals surface area contributed by atoms with Crippen LogP contribution in [0.15, 0.2) is 0 Å². The van der Waals surface area contributed by atoms with Crippen LogP contribution >= 0.6 is 11.8 Å². The molecule has 2 amide bonds. The molecule has 0 aliphatic carbocycles. The van der Waals surface area contributed by atoms with Crippen molar-refractivity contribution in [1.29, 1.82) is 0 Å². The van der Waals surface area contributed by atoms with E-state index in [0.29, 0.717) is 19.6 Å². The highest BCUT2D eigenvalue weighted by molar-refractivity contribution is 8.02. The summed E-state index contributed by atoms with van der Waals surface area (Å²) in [6.07, 6.45) is 4.89. The van der Waals surface area contributed by atoms with Crippen molar-refractivity contribution in [2.24, 2.45) is 17.8 Å². The molecule has 7 nitrogen and oxygen atoms in total. The van der Waals surface area contributed by atoms with Gasteiger partial charge in [0, 0.05) is 24.4 Å². The van der Waals surface area contributed by atoms with Crippen molar-refractivity contribution in [2.45, 2.75) is 88.3 Å². The van der Waals surface area contributed by atoms with E-state index in [0.717, 1.165) is 32.1 Å². The van der Waals surface area contributed by atoms with E-state index < -0.39 is 22.6 Å². The van der Waals surface area contributed by atoms with Crippen LogP contribution in [-0.4, -0.2) is 69.6 Å². The summed E-state index contributed by atoms with van der Waals surface area (Å²) in [7, 11) is 0. The lowest BCUT2D eigenvalue weighted by atomic mass is 9.66. The highest BCUT2D eigenvalue weighted by Gasteiger charge is 2.76. The molecule has 0 aromatic heterocycles. The van der Waals surface area contributed by atoms with Crippen LogP contribution in [0.25, 0.3) is 0 Å². The van der Waals surface area contributed by atoms with Gasteiger partial charge in [-0.15, -0.1) is 11.8 Å². The third-order valence-electron chi connectivity index (χ3n) is 7.22. The second-order valence-corrected chi connectivity index (χ2v) is 10.9. The molecule has 3 heterocycles. The molecule has 2 N–H and O–H groups in total. The van der Waals surface area contributed by atoms with Gasteiger partial charge in [0.25, 0.3) is 0 Å². The second-order valence-electron chi connectivity index (χ2n) is 9.32. The van der Waals surface area contributed by atoms with E-state index in [2.05, 4.69) is 19.2 Å². The fraction of sp³-hybridized carbons (Fsp3) is 0.870. The SMILES string of the molecule is CCCC(C)NC(=O)C1N(CCCCCO)C(=O)[C@@H]2[C@@H](C(=O)OCC)[C@H]3CC(C)C12S3. The molecular formula is C23H38N2O5S. The third kappa shape index (κ3) is 4.22. The number of nitrogens with zero attached hydrogens (tertiary/aromatic N) is 1. The molecule has 31 heavy (non-hydrogen) atoms. The number of carbonyl (C=O) groups is 3. The topological polar surface area (TPSA) is 95.9 Å². The minimum absolute atomic E-state index is 0.0305. The van der Waals surface area contributed by atoms with E-state index in [1.54, 1.807) is 23.6 Å². The first kappa shape index (κ1) is 24.4. The molecule has 3 rings (SSSR count). The average Bonchev–Trinajstić information content (AvgIpc) is 3.29. The van der Waals surface area contributed by atoms with Crippen LogP contribution in [0.2, 0.25) is 0 Å². The summed E-state index contributed by atoms with van der Waals surface area (Å²) in [4.78, 5) is 41.9. The normalized spacial score (nSPS) is 34.7. The first-order chi connectivity index (χ1) is 14.8. The molecule has 8 heteroatoms. The number of amides is 2. The van der Waals surface area contributed by atoms with Crippen molar-refractivity contribution in [3.05, 3.63) is 0 Å². The maximum absolute atomic E-state index is 13.7. The Labute approximate surface area is 190 Å². The molecule has 0 radical (unpaired) electrons. The Balaban J connectivity index is 1.93. The Morgan fingerprint density at radius 3 is 2.71 bits per heavy atom. The summed E-state index contributed by atoms with van der Waals surface area (Å²) < 4.78 is 4.78. The molecule has 0 saturated carbocycles. The fourth-order valence-electron chi connectivity index (χ4n) is 5.96. The molecule has 0 aromatic rings. The minimum atomic E-state index is -0.577. The van der Waals surface area contributed by atoms with Crippen molar-refractivity contribution in [3.8, 4) is 0 Å². The molecule has 2 bridgehead atoms. The number of likely N-dealkylation sites (tertiary alicyclic amines) is 1. The molecule has 176 valence electrons. The van der Waals surface area contributed by atoms with Gasteiger partial charge in [-0.1, -0.05) is 20.3 Å². The maximum Gasteiger partial charge on any atom is 0.310 e. The number of thioether (sulfide) groups is 1. The third-order valence-corrected chi connectivity index (χ3v) is 9.30. The van der Waals surface area contributed by atoms with Crippen LogP contribution in [0.3, 0.4) is 0 Å². The molecule has 1 spiro atoms. The van der Waals surface area contributed by atoms with Crippen molar-refractivity contribution >= 4 is 29.5 Å². The molecule has 0 aromatic carbocycles. The molecule has 4 unspecified atom stereocenters. The number of aliphatic hydroxyl groups excluding tert-OH is 1. The fourth-order valence-corrected chi connectivity index (χ4v) is 8.37. The van der Waals surface area contributed by atoms with E-state index in [9.17, 15) is 14.4 Å². The van der Waals surface area contributed by atoms with Crippen molar-refractivity contribution < 1.29 is 24.2 Å². The molecule has 3 fully saturated rings. The smallest absolute Gasteiger partial charge is 0.310 e. The number of aliphatic hydroxyl groups is 1. The first-order valence-corrected chi connectivity index (χ1v) is 12.8. The van der Waals surface area contributed by atoms with Crippen LogP contribution < -0.4 is 5.32 Å². The number of carbonyl (C=O) groups excluding carboxylic acids is 3. The zero-order chi connectivity index (χ0) is 22.8. The number of nitrogens with one attached hydrogen (secondary N) is 1. The average molecular weight is 455 g/mol. The van der Waals surface area contributed by atoms with Gasteiger partial charge < -0.3 is 20.1 Å². The van der Waals surface area contributed by atoms with E-state index in [1.807, 2.05) is 6.92 Å². The lowest BCUT2D eigenvalue weighted by molar-refractivity contribution is -0.154. The quantitative estimate of drug-likeness (QED) is 0.368. The van der Waals surface area contributed by atoms with Crippen molar-refractivity contribution in [3.63, 3.8) is 0 Å². The maximum atomic E-state index is 13.7. The number of rotatable bonds is 11. The number of ether oxygens (including phenoxy) is 1. The van der Waals surface area contributed by atoms with Gasteiger partial charge in [0.2, 0.25) is 11.8 Å².